The van der Waals surface area contributed by atoms with Crippen LogP contribution < -0.4 is 10.3 Å². The Kier molecular flexibility index (Phi) is 4.67. The number of carbonyl (C=O) groups is 2. The van der Waals surface area contributed by atoms with Gasteiger partial charge in [-0.2, -0.15) is 0 Å². The highest BCUT2D eigenvalue weighted by Crippen LogP contribution is 2.15. The molecule has 4 N–H and O–H groups in total. The summed E-state index contributed by atoms with van der Waals surface area (Å²) in [6.07, 6.45) is 0. The number of rotatable bonds is 5. The molecular formula is C14H12N2O6S2. The van der Waals surface area contributed by atoms with Crippen molar-refractivity contribution in [2.24, 2.45) is 10.3 Å². The van der Waals surface area contributed by atoms with Gasteiger partial charge in [0.25, 0.3) is 0 Å². The van der Waals surface area contributed by atoms with Crippen molar-refractivity contribution in [1.82, 2.24) is 0 Å². The molecule has 0 fully saturated rings. The zero-order valence-electron chi connectivity index (χ0n) is 12.0. The van der Waals surface area contributed by atoms with Gasteiger partial charge >= 0.3 is 0 Å². The maximum Gasteiger partial charge on any atom is 0.238 e. The van der Waals surface area contributed by atoms with E-state index in [1.165, 1.54) is 36.4 Å². The molecule has 10 heteroatoms. The second-order valence-electron chi connectivity index (χ2n) is 4.80. The minimum Gasteiger partial charge on any atom is -0.285 e. The average molecular weight is 368 g/mol. The van der Waals surface area contributed by atoms with E-state index in [-0.39, 0.29) is 20.9 Å². The molecule has 0 radical (unpaired) electrons. The van der Waals surface area contributed by atoms with Gasteiger partial charge in [-0.05, 0) is 24.3 Å². The van der Waals surface area contributed by atoms with Gasteiger partial charge in [-0.1, -0.05) is 24.3 Å². The molecule has 0 unspecified atom stereocenters. The SMILES string of the molecule is NS(=O)(=O)c1cccc(C(=O)C(=O)c2cccc(S(N)(=O)=O)c2)c1. The fourth-order valence-corrected chi connectivity index (χ4v) is 3.01. The number of carbonyl (C=O) groups excluding carboxylic acids is 2. The first kappa shape index (κ1) is 17.9. The lowest BCUT2D eigenvalue weighted by molar-refractivity contribution is 0.0816. The molecule has 0 spiro atoms. The van der Waals surface area contributed by atoms with Crippen LogP contribution in [0.5, 0.6) is 0 Å². The summed E-state index contributed by atoms with van der Waals surface area (Å²) in [6, 6.07) is 9.33. The number of Topliss-reactive ketones (excluding diaryl/α,β-unsaturated/α-hetero) is 2. The molecule has 0 bridgehead atoms. The summed E-state index contributed by atoms with van der Waals surface area (Å²) in [5.74, 6) is -2.01. The molecule has 0 aliphatic heterocycles. The van der Waals surface area contributed by atoms with Crippen LogP contribution in [-0.4, -0.2) is 28.4 Å². The van der Waals surface area contributed by atoms with Gasteiger partial charge in [-0.25, -0.2) is 27.1 Å². The van der Waals surface area contributed by atoms with Gasteiger partial charge in [-0.15, -0.1) is 0 Å². The molecule has 0 aromatic heterocycles. The van der Waals surface area contributed by atoms with Crippen molar-refractivity contribution in [2.45, 2.75) is 9.79 Å². The number of nitrogens with two attached hydrogens (primary N) is 2. The second-order valence-corrected chi connectivity index (χ2v) is 7.93. The van der Waals surface area contributed by atoms with Crippen molar-refractivity contribution in [3.05, 3.63) is 59.7 Å². The van der Waals surface area contributed by atoms with Crippen molar-refractivity contribution in [1.29, 1.82) is 0 Å². The van der Waals surface area contributed by atoms with Crippen molar-refractivity contribution >= 4 is 31.6 Å². The average Bonchev–Trinajstić information content (AvgIpc) is 2.52. The molecule has 24 heavy (non-hydrogen) atoms. The minimum absolute atomic E-state index is 0.187. The smallest absolute Gasteiger partial charge is 0.238 e. The van der Waals surface area contributed by atoms with E-state index < -0.39 is 31.6 Å². The van der Waals surface area contributed by atoms with Crippen LogP contribution in [0.25, 0.3) is 0 Å². The zero-order chi connectivity index (χ0) is 18.1. The topological polar surface area (TPSA) is 154 Å². The van der Waals surface area contributed by atoms with Crippen LogP contribution in [0.4, 0.5) is 0 Å². The molecule has 0 aliphatic rings. The molecule has 0 amide bonds. The van der Waals surface area contributed by atoms with E-state index in [0.717, 1.165) is 12.1 Å². The number of hydrogen-bond acceptors (Lipinski definition) is 6. The zero-order valence-corrected chi connectivity index (χ0v) is 13.7. The summed E-state index contributed by atoms with van der Waals surface area (Å²) in [4.78, 5) is 23.8. The van der Waals surface area contributed by atoms with Crippen LogP contribution >= 0.6 is 0 Å². The molecule has 126 valence electrons. The van der Waals surface area contributed by atoms with Crippen molar-refractivity contribution in [3.8, 4) is 0 Å². The quantitative estimate of drug-likeness (QED) is 0.561. The third kappa shape index (κ3) is 3.92. The Morgan fingerprint density at radius 3 is 1.29 bits per heavy atom. The highest BCUT2D eigenvalue weighted by atomic mass is 32.2. The summed E-state index contributed by atoms with van der Waals surface area (Å²) in [6.45, 7) is 0. The molecule has 0 aliphatic carbocycles. The van der Waals surface area contributed by atoms with Crippen LogP contribution in [0.2, 0.25) is 0 Å². The Labute approximate surface area is 138 Å². The predicted molar refractivity (Wildman–Crippen MR) is 84.3 cm³/mol. The Morgan fingerprint density at radius 2 is 1.00 bits per heavy atom. The summed E-state index contributed by atoms with van der Waals surface area (Å²) in [5.41, 5.74) is -0.375. The maximum atomic E-state index is 12.2. The number of ketones is 2. The minimum atomic E-state index is -4.03. The van der Waals surface area contributed by atoms with Crippen LogP contribution in [0.15, 0.2) is 58.3 Å². The van der Waals surface area contributed by atoms with Crippen LogP contribution in [0.1, 0.15) is 20.7 Å². The van der Waals surface area contributed by atoms with Gasteiger partial charge in [0, 0.05) is 11.1 Å². The van der Waals surface area contributed by atoms with E-state index in [2.05, 4.69) is 0 Å². The standard InChI is InChI=1S/C14H12N2O6S2/c15-23(19,20)11-5-1-3-9(7-11)13(17)14(18)10-4-2-6-12(8-10)24(16,21)22/h1-8H,(H2,15,19,20)(H2,16,21,22). The van der Waals surface area contributed by atoms with Crippen molar-refractivity contribution in [3.63, 3.8) is 0 Å². The summed E-state index contributed by atoms with van der Waals surface area (Å²) >= 11 is 0. The summed E-state index contributed by atoms with van der Waals surface area (Å²) < 4.78 is 45.2. The Hall–Kier alpha value is -2.40. The fraction of sp³-hybridized carbons (Fsp3) is 0. The first-order valence-corrected chi connectivity index (χ1v) is 9.44. The third-order valence-electron chi connectivity index (χ3n) is 3.06. The first-order chi connectivity index (χ1) is 11.0. The van der Waals surface area contributed by atoms with E-state index in [1.54, 1.807) is 0 Å². The molecule has 0 atom stereocenters. The third-order valence-corrected chi connectivity index (χ3v) is 4.88. The van der Waals surface area contributed by atoms with Crippen molar-refractivity contribution < 1.29 is 26.4 Å². The molecule has 0 saturated carbocycles. The molecule has 2 aromatic carbocycles. The van der Waals surface area contributed by atoms with E-state index in [4.69, 9.17) is 10.3 Å². The van der Waals surface area contributed by atoms with Gasteiger partial charge in [0.2, 0.25) is 31.6 Å². The van der Waals surface area contributed by atoms with E-state index >= 15 is 0 Å². The highest BCUT2D eigenvalue weighted by Gasteiger charge is 2.21. The highest BCUT2D eigenvalue weighted by molar-refractivity contribution is 7.89. The lowest BCUT2D eigenvalue weighted by Crippen LogP contribution is -2.18. The van der Waals surface area contributed by atoms with Gasteiger partial charge in [0.1, 0.15) is 0 Å². The van der Waals surface area contributed by atoms with E-state index in [1.807, 2.05) is 0 Å². The Bertz CT molecular complexity index is 957. The Morgan fingerprint density at radius 1 is 0.667 bits per heavy atom. The maximum absolute atomic E-state index is 12.2. The van der Waals surface area contributed by atoms with Gasteiger partial charge in [0.15, 0.2) is 0 Å². The fourth-order valence-electron chi connectivity index (χ4n) is 1.89. The van der Waals surface area contributed by atoms with Gasteiger partial charge < -0.3 is 0 Å². The molecular weight excluding hydrogens is 356 g/mol. The molecule has 2 rings (SSSR count). The second kappa shape index (κ2) is 6.24. The molecule has 2 aromatic rings. The van der Waals surface area contributed by atoms with Crippen LogP contribution in [0, 0.1) is 0 Å². The van der Waals surface area contributed by atoms with Gasteiger partial charge in [-0.3, -0.25) is 9.59 Å². The summed E-state index contributed by atoms with van der Waals surface area (Å²) in [7, 11) is -8.07. The Balaban J connectivity index is 2.43. The lowest BCUT2D eigenvalue weighted by Gasteiger charge is -2.04. The number of hydrogen-bond donors (Lipinski definition) is 2. The molecule has 8 nitrogen and oxygen atoms in total. The normalized spacial score (nSPS) is 11.9. The van der Waals surface area contributed by atoms with E-state index in [0.29, 0.717) is 0 Å². The first-order valence-electron chi connectivity index (χ1n) is 6.35. The number of benzene rings is 2. The monoisotopic (exact) mass is 368 g/mol. The number of sulfonamides is 2. The largest absolute Gasteiger partial charge is 0.285 e. The van der Waals surface area contributed by atoms with Crippen LogP contribution in [0.3, 0.4) is 0 Å². The lowest BCUT2D eigenvalue weighted by atomic mass is 10.0. The number of primary sulfonamides is 2. The van der Waals surface area contributed by atoms with Crippen LogP contribution in [-0.2, 0) is 20.0 Å². The van der Waals surface area contributed by atoms with Gasteiger partial charge in [0.05, 0.1) is 9.79 Å². The molecule has 0 saturated heterocycles. The van der Waals surface area contributed by atoms with E-state index in [9.17, 15) is 26.4 Å². The van der Waals surface area contributed by atoms with Crippen molar-refractivity contribution in [2.75, 3.05) is 0 Å². The summed E-state index contributed by atoms with van der Waals surface area (Å²) in [5, 5.41) is 9.95. The molecule has 0 heterocycles. The predicted octanol–water partition coefficient (Wildman–Crippen LogP) is 0.0470.